The van der Waals surface area contributed by atoms with E-state index in [1.54, 1.807) is 0 Å². The second-order valence-corrected chi connectivity index (χ2v) is 3.31. The molecule has 0 saturated heterocycles. The fraction of sp³-hybridized carbons (Fsp3) is 0.889. The van der Waals surface area contributed by atoms with Crippen LogP contribution in [0.25, 0.3) is 0 Å². The number of carbonyl (C=O) groups excluding carboxylic acids is 1. The maximum atomic E-state index is 10.9. The summed E-state index contributed by atoms with van der Waals surface area (Å²) in [6.07, 6.45) is 3.06. The van der Waals surface area contributed by atoms with Gasteiger partial charge in [-0.25, -0.2) is 0 Å². The van der Waals surface area contributed by atoms with Crippen LogP contribution in [-0.4, -0.2) is 22.9 Å². The molecule has 0 aliphatic heterocycles. The minimum absolute atomic E-state index is 0.202. The zero-order chi connectivity index (χ0) is 9.40. The van der Waals surface area contributed by atoms with Crippen LogP contribution in [0.1, 0.15) is 39.0 Å². The molecule has 0 amide bonds. The first-order valence-corrected chi connectivity index (χ1v) is 4.99. The normalized spacial score (nSPS) is 12.9. The van der Waals surface area contributed by atoms with Gasteiger partial charge in [0.15, 0.2) is 0 Å². The van der Waals surface area contributed by atoms with Crippen molar-refractivity contribution >= 4 is 17.4 Å². The Morgan fingerprint density at radius 2 is 2.17 bits per heavy atom. The molecule has 3 heteroatoms. The van der Waals surface area contributed by atoms with Crippen LogP contribution in [-0.2, 0) is 4.79 Å². The van der Waals surface area contributed by atoms with Gasteiger partial charge in [0.25, 0.3) is 0 Å². The van der Waals surface area contributed by atoms with E-state index >= 15 is 0 Å². The van der Waals surface area contributed by atoms with Crippen molar-refractivity contribution in [3.05, 3.63) is 0 Å². The van der Waals surface area contributed by atoms with E-state index in [2.05, 4.69) is 0 Å². The molecule has 0 saturated carbocycles. The van der Waals surface area contributed by atoms with Gasteiger partial charge in [0.1, 0.15) is 5.78 Å². The molecule has 0 aromatic heterocycles. The van der Waals surface area contributed by atoms with E-state index in [4.69, 9.17) is 16.7 Å². The molecule has 0 radical (unpaired) electrons. The van der Waals surface area contributed by atoms with Crippen LogP contribution >= 0.6 is 11.6 Å². The van der Waals surface area contributed by atoms with Gasteiger partial charge in [-0.2, -0.15) is 0 Å². The topological polar surface area (TPSA) is 37.3 Å². The van der Waals surface area contributed by atoms with Crippen LogP contribution in [0.4, 0.5) is 0 Å². The van der Waals surface area contributed by atoms with Gasteiger partial charge in [0.2, 0.25) is 0 Å². The summed E-state index contributed by atoms with van der Waals surface area (Å²) in [6.45, 7) is 1.94. The molecular formula is C9H17ClO2. The number of ketones is 1. The van der Waals surface area contributed by atoms with Gasteiger partial charge >= 0.3 is 0 Å². The summed E-state index contributed by atoms with van der Waals surface area (Å²) >= 11 is 5.39. The SMILES string of the molecule is CCC(O)CCCC(=O)CCCl. The van der Waals surface area contributed by atoms with E-state index in [0.717, 1.165) is 19.3 Å². The predicted octanol–water partition coefficient (Wildman–Crippen LogP) is 2.13. The Hall–Kier alpha value is -0.0800. The second kappa shape index (κ2) is 7.56. The van der Waals surface area contributed by atoms with Gasteiger partial charge in [-0.1, -0.05) is 6.92 Å². The minimum atomic E-state index is -0.242. The highest BCUT2D eigenvalue weighted by atomic mass is 35.5. The molecule has 0 spiro atoms. The third-order valence-electron chi connectivity index (χ3n) is 1.84. The number of Topliss-reactive ketones (excluding diaryl/α,β-unsaturated/α-hetero) is 1. The minimum Gasteiger partial charge on any atom is -0.393 e. The number of hydrogen-bond acceptors (Lipinski definition) is 2. The van der Waals surface area contributed by atoms with Crippen molar-refractivity contribution in [1.82, 2.24) is 0 Å². The van der Waals surface area contributed by atoms with Crippen LogP contribution in [0.2, 0.25) is 0 Å². The molecule has 1 N–H and O–H groups in total. The molecule has 0 bridgehead atoms. The summed E-state index contributed by atoms with van der Waals surface area (Å²) in [5.74, 6) is 0.614. The van der Waals surface area contributed by atoms with E-state index in [1.807, 2.05) is 6.92 Å². The highest BCUT2D eigenvalue weighted by Crippen LogP contribution is 2.05. The number of hydrogen-bond donors (Lipinski definition) is 1. The average molecular weight is 193 g/mol. The Morgan fingerprint density at radius 3 is 2.67 bits per heavy atom. The maximum Gasteiger partial charge on any atom is 0.134 e. The van der Waals surface area contributed by atoms with Crippen molar-refractivity contribution in [2.45, 2.75) is 45.1 Å². The van der Waals surface area contributed by atoms with E-state index in [-0.39, 0.29) is 11.9 Å². The highest BCUT2D eigenvalue weighted by molar-refractivity contribution is 6.19. The van der Waals surface area contributed by atoms with Gasteiger partial charge < -0.3 is 5.11 Å². The Balaban J connectivity index is 3.24. The summed E-state index contributed by atoms with van der Waals surface area (Å²) in [7, 11) is 0. The molecule has 0 aromatic carbocycles. The van der Waals surface area contributed by atoms with Crippen molar-refractivity contribution in [3.63, 3.8) is 0 Å². The van der Waals surface area contributed by atoms with Crippen molar-refractivity contribution in [2.24, 2.45) is 0 Å². The molecule has 12 heavy (non-hydrogen) atoms. The maximum absolute atomic E-state index is 10.9. The van der Waals surface area contributed by atoms with Crippen LogP contribution in [0.3, 0.4) is 0 Å². The molecule has 0 rings (SSSR count). The number of rotatable bonds is 7. The lowest BCUT2D eigenvalue weighted by Crippen LogP contribution is -2.06. The largest absolute Gasteiger partial charge is 0.393 e. The monoisotopic (exact) mass is 192 g/mol. The van der Waals surface area contributed by atoms with Crippen LogP contribution in [0.5, 0.6) is 0 Å². The molecule has 0 aliphatic carbocycles. The molecule has 0 heterocycles. The molecular weight excluding hydrogens is 176 g/mol. The Kier molecular flexibility index (Phi) is 7.51. The predicted molar refractivity (Wildman–Crippen MR) is 50.5 cm³/mol. The molecule has 72 valence electrons. The quantitative estimate of drug-likeness (QED) is 0.628. The lowest BCUT2D eigenvalue weighted by molar-refractivity contribution is -0.118. The van der Waals surface area contributed by atoms with Crippen LogP contribution in [0.15, 0.2) is 0 Å². The van der Waals surface area contributed by atoms with E-state index < -0.39 is 0 Å². The number of halogens is 1. The Morgan fingerprint density at radius 1 is 1.50 bits per heavy atom. The molecule has 1 unspecified atom stereocenters. The number of alkyl halides is 1. The molecule has 0 fully saturated rings. The van der Waals surface area contributed by atoms with Crippen molar-refractivity contribution in [1.29, 1.82) is 0 Å². The first-order valence-electron chi connectivity index (χ1n) is 4.46. The molecule has 1 atom stereocenters. The van der Waals surface area contributed by atoms with Gasteiger partial charge in [-0.05, 0) is 19.3 Å². The highest BCUT2D eigenvalue weighted by Gasteiger charge is 2.03. The number of aliphatic hydroxyl groups excluding tert-OH is 1. The third-order valence-corrected chi connectivity index (χ3v) is 2.03. The fourth-order valence-corrected chi connectivity index (χ4v) is 1.18. The Labute approximate surface area is 78.9 Å². The lowest BCUT2D eigenvalue weighted by atomic mass is 10.1. The first kappa shape index (κ1) is 11.9. The van der Waals surface area contributed by atoms with Crippen LogP contribution < -0.4 is 0 Å². The number of carbonyl (C=O) groups is 1. The first-order chi connectivity index (χ1) is 5.70. The standard InChI is InChI=1S/C9H17ClO2/c1-2-8(11)4-3-5-9(12)6-7-10/h8,11H,2-7H2,1H3. The smallest absolute Gasteiger partial charge is 0.134 e. The van der Waals surface area contributed by atoms with Gasteiger partial charge in [0, 0.05) is 18.7 Å². The zero-order valence-corrected chi connectivity index (χ0v) is 8.31. The summed E-state index contributed by atoms with van der Waals surface area (Å²) < 4.78 is 0. The van der Waals surface area contributed by atoms with Gasteiger partial charge in [-0.15, -0.1) is 11.6 Å². The van der Waals surface area contributed by atoms with Gasteiger partial charge in [0.05, 0.1) is 6.10 Å². The zero-order valence-electron chi connectivity index (χ0n) is 7.55. The van der Waals surface area contributed by atoms with E-state index in [9.17, 15) is 4.79 Å². The fourth-order valence-electron chi connectivity index (χ4n) is 0.969. The molecule has 0 aliphatic rings. The third kappa shape index (κ3) is 6.62. The van der Waals surface area contributed by atoms with E-state index in [1.165, 1.54) is 0 Å². The van der Waals surface area contributed by atoms with Gasteiger partial charge in [-0.3, -0.25) is 4.79 Å². The summed E-state index contributed by atoms with van der Waals surface area (Å²) in [4.78, 5) is 10.9. The van der Waals surface area contributed by atoms with Crippen molar-refractivity contribution in [2.75, 3.05) is 5.88 Å². The summed E-state index contributed by atoms with van der Waals surface area (Å²) in [5, 5.41) is 9.16. The molecule has 2 nitrogen and oxygen atoms in total. The van der Waals surface area contributed by atoms with E-state index in [0.29, 0.717) is 18.7 Å². The van der Waals surface area contributed by atoms with Crippen LogP contribution in [0, 0.1) is 0 Å². The summed E-state index contributed by atoms with van der Waals surface area (Å²) in [6, 6.07) is 0. The summed E-state index contributed by atoms with van der Waals surface area (Å²) in [5.41, 5.74) is 0. The lowest BCUT2D eigenvalue weighted by Gasteiger charge is -2.05. The second-order valence-electron chi connectivity index (χ2n) is 2.93. The van der Waals surface area contributed by atoms with Crippen molar-refractivity contribution in [3.8, 4) is 0 Å². The Bertz CT molecular complexity index is 126. The average Bonchev–Trinajstić information content (AvgIpc) is 2.04. The van der Waals surface area contributed by atoms with Crippen molar-refractivity contribution < 1.29 is 9.90 Å². The number of aliphatic hydroxyl groups is 1. The molecule has 0 aromatic rings.